The van der Waals surface area contributed by atoms with Crippen LogP contribution in [-0.2, 0) is 4.74 Å². The lowest BCUT2D eigenvalue weighted by molar-refractivity contribution is 0.221. The predicted molar refractivity (Wildman–Crippen MR) is 80.3 cm³/mol. The SMILES string of the molecule is C1=CC2C[C@@]3(O[C@]34CC3C=CC5C=CC4[C@@H]53)C3C=CC1[C@H]23. The molecule has 0 amide bonds. The molecular formula is C20H20O. The maximum Gasteiger partial charge on any atom is 0.106 e. The standard InChI is InChI=1S/C20H20O/c1-3-13-9-19(15-7-5-11(1)17(13)15)20(21-19)10-14-4-2-12-6-8-16(20)18(12)14/h1-8,11-18H,9-10H2/t11?,12?,13?,14?,15?,16?,17-,18+,19-,20+. The molecule has 10 atom stereocenters. The first-order valence-electron chi connectivity index (χ1n) is 8.76. The maximum absolute atomic E-state index is 6.78. The summed E-state index contributed by atoms with van der Waals surface area (Å²) in [4.78, 5) is 0. The molecule has 1 heteroatoms. The van der Waals surface area contributed by atoms with E-state index < -0.39 is 0 Å². The predicted octanol–water partition coefficient (Wildman–Crippen LogP) is 3.51. The van der Waals surface area contributed by atoms with E-state index in [9.17, 15) is 0 Å². The Morgan fingerprint density at radius 3 is 1.62 bits per heavy atom. The summed E-state index contributed by atoms with van der Waals surface area (Å²) in [5.41, 5.74) is 0.390. The Bertz CT molecular complexity index is 626. The number of hydrogen-bond acceptors (Lipinski definition) is 1. The number of ether oxygens (including phenoxy) is 1. The average Bonchev–Trinajstić information content (AvgIpc) is 3.08. The van der Waals surface area contributed by atoms with Crippen LogP contribution in [0.3, 0.4) is 0 Å². The number of hydrogen-bond donors (Lipinski definition) is 0. The summed E-state index contributed by atoms with van der Waals surface area (Å²) in [6, 6.07) is 0. The molecule has 7 aliphatic rings. The van der Waals surface area contributed by atoms with Gasteiger partial charge in [-0.2, -0.15) is 0 Å². The third-order valence-corrected chi connectivity index (χ3v) is 8.14. The largest absolute Gasteiger partial charge is 0.361 e. The summed E-state index contributed by atoms with van der Waals surface area (Å²) in [6.07, 6.45) is 22.4. The summed E-state index contributed by atoms with van der Waals surface area (Å²) in [7, 11) is 0. The third-order valence-electron chi connectivity index (χ3n) is 8.14. The van der Waals surface area contributed by atoms with Gasteiger partial charge in [0, 0.05) is 11.8 Å². The highest BCUT2D eigenvalue weighted by molar-refractivity contribution is 5.43. The molecule has 7 rings (SSSR count). The van der Waals surface area contributed by atoms with Crippen LogP contribution in [0, 0.1) is 47.3 Å². The minimum atomic E-state index is 0.195. The second-order valence-corrected chi connectivity index (χ2v) is 8.52. The molecule has 1 nitrogen and oxygen atoms in total. The smallest absolute Gasteiger partial charge is 0.106 e. The van der Waals surface area contributed by atoms with Crippen molar-refractivity contribution in [3.63, 3.8) is 0 Å². The van der Waals surface area contributed by atoms with Crippen molar-refractivity contribution in [2.24, 2.45) is 47.3 Å². The van der Waals surface area contributed by atoms with Crippen molar-refractivity contribution in [2.75, 3.05) is 0 Å². The summed E-state index contributed by atoms with van der Waals surface area (Å²) >= 11 is 0. The monoisotopic (exact) mass is 276 g/mol. The van der Waals surface area contributed by atoms with Crippen LogP contribution in [0.5, 0.6) is 0 Å². The van der Waals surface area contributed by atoms with Gasteiger partial charge in [-0.3, -0.25) is 0 Å². The Hall–Kier alpha value is -1.08. The van der Waals surface area contributed by atoms with E-state index in [0.29, 0.717) is 23.7 Å². The van der Waals surface area contributed by atoms with Crippen molar-refractivity contribution >= 4 is 0 Å². The molecule has 1 saturated heterocycles. The molecule has 0 radical (unpaired) electrons. The van der Waals surface area contributed by atoms with Gasteiger partial charge in [-0.15, -0.1) is 0 Å². The first-order chi connectivity index (χ1) is 10.3. The zero-order valence-electron chi connectivity index (χ0n) is 12.1. The van der Waals surface area contributed by atoms with Crippen LogP contribution in [0.15, 0.2) is 48.6 Å². The van der Waals surface area contributed by atoms with E-state index in [-0.39, 0.29) is 11.2 Å². The van der Waals surface area contributed by atoms with Crippen LogP contribution < -0.4 is 0 Å². The van der Waals surface area contributed by atoms with Gasteiger partial charge in [0.25, 0.3) is 0 Å². The number of epoxide rings is 1. The molecule has 2 saturated carbocycles. The lowest BCUT2D eigenvalue weighted by Gasteiger charge is -2.22. The molecule has 0 N–H and O–H groups in total. The van der Waals surface area contributed by atoms with Crippen molar-refractivity contribution in [3.05, 3.63) is 48.6 Å². The van der Waals surface area contributed by atoms with E-state index in [4.69, 9.17) is 4.74 Å². The molecule has 3 fully saturated rings. The van der Waals surface area contributed by atoms with Gasteiger partial charge in [-0.05, 0) is 48.3 Å². The molecule has 0 aromatic rings. The lowest BCUT2D eigenvalue weighted by Crippen LogP contribution is -2.33. The molecule has 21 heavy (non-hydrogen) atoms. The van der Waals surface area contributed by atoms with Gasteiger partial charge in [0.15, 0.2) is 0 Å². The van der Waals surface area contributed by atoms with Gasteiger partial charge in [-0.25, -0.2) is 0 Å². The summed E-state index contributed by atoms with van der Waals surface area (Å²) < 4.78 is 6.78. The van der Waals surface area contributed by atoms with E-state index in [0.717, 1.165) is 23.7 Å². The lowest BCUT2D eigenvalue weighted by atomic mass is 9.75. The zero-order valence-corrected chi connectivity index (χ0v) is 12.1. The second-order valence-electron chi connectivity index (χ2n) is 8.52. The van der Waals surface area contributed by atoms with Crippen molar-refractivity contribution in [3.8, 4) is 0 Å². The van der Waals surface area contributed by atoms with E-state index in [1.54, 1.807) is 0 Å². The van der Waals surface area contributed by atoms with E-state index in [1.165, 1.54) is 12.8 Å². The Morgan fingerprint density at radius 2 is 1.10 bits per heavy atom. The highest BCUT2D eigenvalue weighted by Crippen LogP contribution is 2.77. The quantitative estimate of drug-likeness (QED) is 0.487. The van der Waals surface area contributed by atoms with Crippen LogP contribution in [-0.4, -0.2) is 11.2 Å². The first kappa shape index (κ1) is 10.6. The molecule has 1 aliphatic heterocycles. The van der Waals surface area contributed by atoms with Gasteiger partial charge < -0.3 is 4.74 Å². The van der Waals surface area contributed by atoms with Gasteiger partial charge in [-0.1, -0.05) is 48.6 Å². The molecule has 0 aromatic heterocycles. The molecule has 6 aliphatic carbocycles. The van der Waals surface area contributed by atoms with E-state index in [1.807, 2.05) is 0 Å². The number of fused-ring (bicyclic) bond motifs is 3. The topological polar surface area (TPSA) is 12.5 Å². The minimum Gasteiger partial charge on any atom is -0.361 e. The molecule has 0 bridgehead atoms. The van der Waals surface area contributed by atoms with E-state index in [2.05, 4.69) is 48.6 Å². The molecular weight excluding hydrogens is 256 g/mol. The Kier molecular flexibility index (Phi) is 1.46. The van der Waals surface area contributed by atoms with Crippen molar-refractivity contribution < 1.29 is 4.74 Å². The van der Waals surface area contributed by atoms with Crippen molar-refractivity contribution in [1.82, 2.24) is 0 Å². The normalized spacial score (nSPS) is 69.0. The molecule has 106 valence electrons. The van der Waals surface area contributed by atoms with Crippen LogP contribution in [0.1, 0.15) is 12.8 Å². The fraction of sp³-hybridized carbons (Fsp3) is 0.600. The summed E-state index contributed by atoms with van der Waals surface area (Å²) in [6.45, 7) is 0. The molecule has 6 unspecified atom stereocenters. The average molecular weight is 276 g/mol. The number of allylic oxidation sites excluding steroid dienone is 6. The molecule has 1 heterocycles. The Labute approximate surface area is 125 Å². The van der Waals surface area contributed by atoms with Gasteiger partial charge in [0.05, 0.1) is 0 Å². The second kappa shape index (κ2) is 2.88. The molecule has 2 spiro atoms. The Morgan fingerprint density at radius 1 is 0.619 bits per heavy atom. The number of rotatable bonds is 0. The van der Waals surface area contributed by atoms with Gasteiger partial charge in [0.2, 0.25) is 0 Å². The minimum absolute atomic E-state index is 0.195. The van der Waals surface area contributed by atoms with E-state index >= 15 is 0 Å². The molecule has 0 aromatic carbocycles. The van der Waals surface area contributed by atoms with Crippen LogP contribution in [0.4, 0.5) is 0 Å². The Balaban J connectivity index is 1.36. The van der Waals surface area contributed by atoms with Crippen LogP contribution >= 0.6 is 0 Å². The van der Waals surface area contributed by atoms with Crippen molar-refractivity contribution in [2.45, 2.75) is 24.0 Å². The van der Waals surface area contributed by atoms with Crippen LogP contribution in [0.25, 0.3) is 0 Å². The fourth-order valence-electron chi connectivity index (χ4n) is 7.52. The zero-order chi connectivity index (χ0) is 13.4. The third kappa shape index (κ3) is 0.892. The highest BCUT2D eigenvalue weighted by Gasteiger charge is 2.83. The first-order valence-corrected chi connectivity index (χ1v) is 8.76. The van der Waals surface area contributed by atoms with Crippen LogP contribution in [0.2, 0.25) is 0 Å². The fourth-order valence-corrected chi connectivity index (χ4v) is 7.52. The van der Waals surface area contributed by atoms with Gasteiger partial charge in [0.1, 0.15) is 11.2 Å². The van der Waals surface area contributed by atoms with Gasteiger partial charge >= 0.3 is 0 Å². The summed E-state index contributed by atoms with van der Waals surface area (Å²) in [5.74, 6) is 6.05. The maximum atomic E-state index is 6.78. The van der Waals surface area contributed by atoms with Crippen molar-refractivity contribution in [1.29, 1.82) is 0 Å². The summed E-state index contributed by atoms with van der Waals surface area (Å²) in [5, 5.41) is 0. The highest BCUT2D eigenvalue weighted by atomic mass is 16.6.